The number of pyridine rings is 1. The Morgan fingerprint density at radius 1 is 1.41 bits per heavy atom. The highest BCUT2D eigenvalue weighted by molar-refractivity contribution is 8.00. The van der Waals surface area contributed by atoms with Crippen molar-refractivity contribution >= 4 is 35.0 Å². The van der Waals surface area contributed by atoms with Gasteiger partial charge in [0.2, 0.25) is 11.1 Å². The van der Waals surface area contributed by atoms with Gasteiger partial charge in [-0.1, -0.05) is 55.5 Å². The van der Waals surface area contributed by atoms with Crippen molar-refractivity contribution in [3.05, 3.63) is 29.3 Å². The van der Waals surface area contributed by atoms with Crippen molar-refractivity contribution in [1.82, 2.24) is 19.9 Å². The van der Waals surface area contributed by atoms with Gasteiger partial charge in [-0.25, -0.2) is 9.66 Å². The quantitative estimate of drug-likeness (QED) is 0.412. The van der Waals surface area contributed by atoms with Gasteiger partial charge in [0.15, 0.2) is 11.0 Å². The maximum Gasteiger partial charge on any atom is 0.237 e. The molecule has 2 aromatic heterocycles. The third-order valence-electron chi connectivity index (χ3n) is 4.90. The molecule has 2 aromatic rings. The molecule has 3 N–H and O–H groups in total. The van der Waals surface area contributed by atoms with Crippen LogP contribution in [-0.4, -0.2) is 31.0 Å². The first-order chi connectivity index (χ1) is 13.0. The van der Waals surface area contributed by atoms with Crippen molar-refractivity contribution in [3.63, 3.8) is 0 Å². The minimum Gasteiger partial charge on any atom is -0.336 e. The predicted octanol–water partition coefficient (Wildman–Crippen LogP) is 3.67. The summed E-state index contributed by atoms with van der Waals surface area (Å²) in [6.45, 7) is 1.79. The van der Waals surface area contributed by atoms with E-state index in [-0.39, 0.29) is 11.1 Å². The van der Waals surface area contributed by atoms with Crippen molar-refractivity contribution in [3.8, 4) is 0 Å². The van der Waals surface area contributed by atoms with Crippen LogP contribution in [0.15, 0.2) is 23.5 Å². The minimum absolute atomic E-state index is 0.193. The van der Waals surface area contributed by atoms with E-state index in [1.807, 2.05) is 0 Å². The molecule has 0 spiro atoms. The third-order valence-corrected chi connectivity index (χ3v) is 6.26. The number of anilines is 1. The second kappa shape index (κ2) is 9.41. The number of hydrogen-bond donors (Lipinski definition) is 2. The zero-order valence-corrected chi connectivity index (χ0v) is 17.0. The van der Waals surface area contributed by atoms with Gasteiger partial charge in [0.05, 0.1) is 10.9 Å². The Morgan fingerprint density at radius 2 is 2.19 bits per heavy atom. The number of carbonyl (C=O) groups excluding carboxylic acids is 1. The molecule has 146 valence electrons. The molecule has 1 aliphatic rings. The second-order valence-electron chi connectivity index (χ2n) is 6.90. The SMILES string of the molecule is C[C@@H](Sc1nnc(CCC2CCCCC2)n1N)C(=O)Nc1cccnc1Cl. The zero-order valence-electron chi connectivity index (χ0n) is 15.4. The third kappa shape index (κ3) is 5.35. The lowest BCUT2D eigenvalue weighted by Crippen LogP contribution is -2.24. The first-order valence-electron chi connectivity index (χ1n) is 9.32. The summed E-state index contributed by atoms with van der Waals surface area (Å²) in [6.07, 6.45) is 10.1. The number of aryl methyl sites for hydroxylation is 1. The van der Waals surface area contributed by atoms with Crippen LogP contribution in [0.1, 0.15) is 51.3 Å². The molecule has 1 atom stereocenters. The summed E-state index contributed by atoms with van der Waals surface area (Å²) in [5.41, 5.74) is 0.485. The molecule has 0 aliphatic heterocycles. The fourth-order valence-electron chi connectivity index (χ4n) is 3.29. The largest absolute Gasteiger partial charge is 0.336 e. The number of aromatic nitrogens is 4. The van der Waals surface area contributed by atoms with E-state index in [9.17, 15) is 4.79 Å². The van der Waals surface area contributed by atoms with Crippen LogP contribution in [0.4, 0.5) is 5.69 Å². The maximum atomic E-state index is 12.4. The summed E-state index contributed by atoms with van der Waals surface area (Å²) in [7, 11) is 0. The maximum absolute atomic E-state index is 12.4. The first kappa shape index (κ1) is 19.9. The fourth-order valence-corrected chi connectivity index (χ4v) is 4.25. The normalized spacial score (nSPS) is 16.2. The molecule has 0 bridgehead atoms. The first-order valence-corrected chi connectivity index (χ1v) is 10.6. The number of nitrogens with zero attached hydrogens (tertiary/aromatic N) is 4. The summed E-state index contributed by atoms with van der Waals surface area (Å²) in [4.78, 5) is 16.4. The van der Waals surface area contributed by atoms with Crippen LogP contribution in [0, 0.1) is 5.92 Å². The molecule has 1 aliphatic carbocycles. The fraction of sp³-hybridized carbons (Fsp3) is 0.556. The molecule has 0 saturated heterocycles. The van der Waals surface area contributed by atoms with Gasteiger partial charge in [0.1, 0.15) is 0 Å². The molecule has 7 nitrogen and oxygen atoms in total. The summed E-state index contributed by atoms with van der Waals surface area (Å²) in [5, 5.41) is 11.5. The number of carbonyl (C=O) groups is 1. The van der Waals surface area contributed by atoms with Crippen LogP contribution >= 0.6 is 23.4 Å². The molecule has 1 amide bonds. The van der Waals surface area contributed by atoms with E-state index in [0.717, 1.165) is 24.6 Å². The Labute approximate surface area is 168 Å². The van der Waals surface area contributed by atoms with Crippen LogP contribution in [0.3, 0.4) is 0 Å². The second-order valence-corrected chi connectivity index (χ2v) is 8.57. The molecule has 0 aromatic carbocycles. The Balaban J connectivity index is 1.54. The van der Waals surface area contributed by atoms with Gasteiger partial charge in [-0.3, -0.25) is 4.79 Å². The highest BCUT2D eigenvalue weighted by Gasteiger charge is 2.21. The monoisotopic (exact) mass is 408 g/mol. The van der Waals surface area contributed by atoms with Crippen LogP contribution < -0.4 is 11.2 Å². The number of nitrogens with one attached hydrogen (secondary N) is 1. The van der Waals surface area contributed by atoms with Crippen LogP contribution in [0.25, 0.3) is 0 Å². The summed E-state index contributed by atoms with van der Waals surface area (Å²) in [6, 6.07) is 3.42. The Kier molecular flexibility index (Phi) is 6.95. The molecular formula is C18H25ClN6OS. The van der Waals surface area contributed by atoms with Crippen molar-refractivity contribution < 1.29 is 4.79 Å². The van der Waals surface area contributed by atoms with Gasteiger partial charge < -0.3 is 11.2 Å². The van der Waals surface area contributed by atoms with Gasteiger partial charge in [-0.05, 0) is 31.4 Å². The number of nitrogen functional groups attached to an aromatic ring is 1. The smallest absolute Gasteiger partial charge is 0.237 e. The van der Waals surface area contributed by atoms with E-state index in [2.05, 4.69) is 20.5 Å². The summed E-state index contributed by atoms with van der Waals surface area (Å²) < 4.78 is 1.51. The lowest BCUT2D eigenvalue weighted by atomic mass is 9.86. The summed E-state index contributed by atoms with van der Waals surface area (Å²) in [5.74, 6) is 7.49. The zero-order chi connectivity index (χ0) is 19.2. The molecule has 1 fully saturated rings. The van der Waals surface area contributed by atoms with E-state index < -0.39 is 5.25 Å². The highest BCUT2D eigenvalue weighted by atomic mass is 35.5. The van der Waals surface area contributed by atoms with Crippen molar-refractivity contribution in [2.75, 3.05) is 11.2 Å². The number of nitrogens with two attached hydrogens (primary N) is 1. The molecule has 1 saturated carbocycles. The molecule has 2 heterocycles. The Bertz CT molecular complexity index is 777. The van der Waals surface area contributed by atoms with E-state index >= 15 is 0 Å². The number of amides is 1. The van der Waals surface area contributed by atoms with E-state index in [4.69, 9.17) is 17.4 Å². The van der Waals surface area contributed by atoms with Gasteiger partial charge in [-0.15, -0.1) is 10.2 Å². The van der Waals surface area contributed by atoms with Gasteiger partial charge >= 0.3 is 0 Å². The molecule has 27 heavy (non-hydrogen) atoms. The van der Waals surface area contributed by atoms with Gasteiger partial charge in [0, 0.05) is 12.6 Å². The lowest BCUT2D eigenvalue weighted by molar-refractivity contribution is -0.115. The van der Waals surface area contributed by atoms with Crippen molar-refractivity contribution in [2.45, 2.75) is 62.3 Å². The van der Waals surface area contributed by atoms with E-state index in [0.29, 0.717) is 10.8 Å². The van der Waals surface area contributed by atoms with Gasteiger partial charge in [0.25, 0.3) is 0 Å². The standard InChI is InChI=1S/C18H25ClN6OS/c1-12(17(26)22-14-8-5-11-21-16(14)19)27-18-24-23-15(25(18)20)10-9-13-6-3-2-4-7-13/h5,8,11-13H,2-4,6-7,9-10,20H2,1H3,(H,22,26)/t12-/m1/s1. The number of rotatable bonds is 7. The minimum atomic E-state index is -0.404. The number of thioether (sulfide) groups is 1. The lowest BCUT2D eigenvalue weighted by Gasteiger charge is -2.20. The van der Waals surface area contributed by atoms with E-state index in [1.54, 1.807) is 25.3 Å². The molecule has 0 radical (unpaired) electrons. The van der Waals surface area contributed by atoms with Crippen molar-refractivity contribution in [1.29, 1.82) is 0 Å². The Hall–Kier alpha value is -1.80. The van der Waals surface area contributed by atoms with E-state index in [1.165, 1.54) is 48.5 Å². The summed E-state index contributed by atoms with van der Waals surface area (Å²) >= 11 is 7.26. The van der Waals surface area contributed by atoms with Crippen LogP contribution in [-0.2, 0) is 11.2 Å². The highest BCUT2D eigenvalue weighted by Crippen LogP contribution is 2.28. The topological polar surface area (TPSA) is 98.7 Å². The van der Waals surface area contributed by atoms with Crippen LogP contribution in [0.2, 0.25) is 5.15 Å². The number of hydrogen-bond acceptors (Lipinski definition) is 6. The molecule has 9 heteroatoms. The van der Waals surface area contributed by atoms with Crippen molar-refractivity contribution in [2.24, 2.45) is 5.92 Å². The predicted molar refractivity (Wildman–Crippen MR) is 108 cm³/mol. The molecule has 0 unspecified atom stereocenters. The van der Waals surface area contributed by atoms with Crippen LogP contribution in [0.5, 0.6) is 0 Å². The average Bonchev–Trinajstić information content (AvgIpc) is 3.02. The number of halogens is 1. The average molecular weight is 409 g/mol. The molecular weight excluding hydrogens is 384 g/mol. The van der Waals surface area contributed by atoms with Gasteiger partial charge in [-0.2, -0.15) is 0 Å². The molecule has 3 rings (SSSR count). The Morgan fingerprint density at radius 3 is 2.93 bits per heavy atom.